The van der Waals surface area contributed by atoms with Gasteiger partial charge < -0.3 is 14.1 Å². The third kappa shape index (κ3) is 3.80. The second-order valence-corrected chi connectivity index (χ2v) is 6.98. The molecule has 1 unspecified atom stereocenters. The molecule has 2 aromatic heterocycles. The van der Waals surface area contributed by atoms with Crippen molar-refractivity contribution in [3.63, 3.8) is 0 Å². The Morgan fingerprint density at radius 1 is 0.967 bits per heavy atom. The van der Waals surface area contributed by atoms with Crippen LogP contribution < -0.4 is 0 Å². The zero-order valence-corrected chi connectivity index (χ0v) is 16.6. The zero-order chi connectivity index (χ0) is 21.1. The number of ether oxygens (including phenoxy) is 1. The second-order valence-electron chi connectivity index (χ2n) is 6.98. The molecule has 6 heteroatoms. The van der Waals surface area contributed by atoms with Gasteiger partial charge in [-0.3, -0.25) is 4.79 Å². The van der Waals surface area contributed by atoms with Gasteiger partial charge in [-0.15, -0.1) is 0 Å². The molecule has 30 heavy (non-hydrogen) atoms. The third-order valence-corrected chi connectivity index (χ3v) is 4.70. The average molecular weight is 400 g/mol. The molecule has 0 spiro atoms. The summed E-state index contributed by atoms with van der Waals surface area (Å²) >= 11 is 0. The van der Waals surface area contributed by atoms with Crippen molar-refractivity contribution in [2.24, 2.45) is 0 Å². The number of pyridine rings is 1. The van der Waals surface area contributed by atoms with Crippen LogP contribution in [0.2, 0.25) is 0 Å². The van der Waals surface area contributed by atoms with Crippen LogP contribution in [0.5, 0.6) is 0 Å². The average Bonchev–Trinajstić information content (AvgIpc) is 3.31. The molecule has 2 aromatic carbocycles. The molecule has 6 nitrogen and oxygen atoms in total. The Morgan fingerprint density at radius 3 is 2.40 bits per heavy atom. The van der Waals surface area contributed by atoms with Gasteiger partial charge >= 0.3 is 5.97 Å². The Hall–Kier alpha value is -3.93. The molecule has 0 saturated carbocycles. The van der Waals surface area contributed by atoms with Crippen LogP contribution in [0.3, 0.4) is 0 Å². The molecule has 0 aliphatic heterocycles. The Kier molecular flexibility index (Phi) is 5.30. The fourth-order valence-electron chi connectivity index (χ4n) is 3.19. The Labute approximate surface area is 173 Å². The number of amides is 1. The predicted octanol–water partition coefficient (Wildman–Crippen LogP) is 4.48. The topological polar surface area (TPSA) is 72.6 Å². The predicted molar refractivity (Wildman–Crippen MR) is 113 cm³/mol. The van der Waals surface area contributed by atoms with Gasteiger partial charge in [0, 0.05) is 25.0 Å². The van der Waals surface area contributed by atoms with Crippen LogP contribution in [0.1, 0.15) is 22.0 Å². The van der Waals surface area contributed by atoms with E-state index < -0.39 is 12.1 Å². The Bertz CT molecular complexity index is 1180. The maximum Gasteiger partial charge on any atom is 0.340 e. The van der Waals surface area contributed by atoms with Crippen molar-refractivity contribution in [3.05, 3.63) is 90.2 Å². The van der Waals surface area contributed by atoms with Gasteiger partial charge in [-0.05, 0) is 24.3 Å². The molecule has 0 saturated heterocycles. The standard InChI is InChI=1S/C24H20N2O4/c1-26(2)23(27)22(16-9-4-3-5-10-16)30-24(28)18-15-20(21-13-8-14-29-21)25-19-12-7-6-11-17(18)19/h3-15,22H,1-2H3. The number of fused-ring (bicyclic) bond motifs is 1. The first-order valence-corrected chi connectivity index (χ1v) is 9.45. The highest BCUT2D eigenvalue weighted by molar-refractivity contribution is 6.05. The van der Waals surface area contributed by atoms with E-state index in [0.717, 1.165) is 0 Å². The lowest BCUT2D eigenvalue weighted by molar-refractivity contribution is -0.138. The second kappa shape index (κ2) is 8.21. The van der Waals surface area contributed by atoms with Crippen molar-refractivity contribution in [1.29, 1.82) is 0 Å². The molecule has 2 heterocycles. The number of rotatable bonds is 5. The molecule has 0 fully saturated rings. The summed E-state index contributed by atoms with van der Waals surface area (Å²) in [7, 11) is 3.26. The molecule has 150 valence electrons. The minimum atomic E-state index is -1.05. The molecule has 4 aromatic rings. The first-order valence-electron chi connectivity index (χ1n) is 9.45. The van der Waals surface area contributed by atoms with Gasteiger partial charge in [0.1, 0.15) is 5.69 Å². The number of benzene rings is 2. The van der Waals surface area contributed by atoms with Gasteiger partial charge in [0.15, 0.2) is 5.76 Å². The van der Waals surface area contributed by atoms with Gasteiger partial charge in [0.05, 0.1) is 17.3 Å². The van der Waals surface area contributed by atoms with Crippen molar-refractivity contribution in [2.75, 3.05) is 14.1 Å². The quantitative estimate of drug-likeness (QED) is 0.462. The highest BCUT2D eigenvalue weighted by Crippen LogP contribution is 2.28. The zero-order valence-electron chi connectivity index (χ0n) is 16.6. The summed E-state index contributed by atoms with van der Waals surface area (Å²) in [5.74, 6) is -0.386. The minimum Gasteiger partial charge on any atom is -0.463 e. The lowest BCUT2D eigenvalue weighted by Crippen LogP contribution is -2.31. The summed E-state index contributed by atoms with van der Waals surface area (Å²) in [5, 5.41) is 0.641. The number of hydrogen-bond acceptors (Lipinski definition) is 5. The number of likely N-dealkylation sites (N-methyl/N-ethyl adjacent to an activating group) is 1. The van der Waals surface area contributed by atoms with Crippen molar-refractivity contribution in [3.8, 4) is 11.5 Å². The normalized spacial score (nSPS) is 11.8. The summed E-state index contributed by atoms with van der Waals surface area (Å²) < 4.78 is 11.2. The number of esters is 1. The van der Waals surface area contributed by atoms with E-state index in [1.54, 1.807) is 68.9 Å². The third-order valence-electron chi connectivity index (χ3n) is 4.70. The molecular weight excluding hydrogens is 380 g/mol. The number of carbonyl (C=O) groups excluding carboxylic acids is 2. The van der Waals surface area contributed by atoms with Crippen molar-refractivity contribution < 1.29 is 18.7 Å². The summed E-state index contributed by atoms with van der Waals surface area (Å²) in [5.41, 5.74) is 2.07. The highest BCUT2D eigenvalue weighted by atomic mass is 16.5. The number of para-hydroxylation sites is 1. The molecule has 0 N–H and O–H groups in total. The van der Waals surface area contributed by atoms with Gasteiger partial charge in [0.25, 0.3) is 5.91 Å². The van der Waals surface area contributed by atoms with E-state index in [2.05, 4.69) is 4.98 Å². The molecule has 4 rings (SSSR count). The van der Waals surface area contributed by atoms with Crippen LogP contribution in [0.4, 0.5) is 0 Å². The number of hydrogen-bond donors (Lipinski definition) is 0. The van der Waals surface area contributed by atoms with Gasteiger partial charge in [-0.25, -0.2) is 9.78 Å². The molecule has 0 radical (unpaired) electrons. The minimum absolute atomic E-state index is 0.319. The lowest BCUT2D eigenvalue weighted by atomic mass is 10.1. The molecule has 1 atom stereocenters. The fourth-order valence-corrected chi connectivity index (χ4v) is 3.19. The maximum absolute atomic E-state index is 13.2. The van der Waals surface area contributed by atoms with E-state index in [1.165, 1.54) is 4.90 Å². The molecule has 1 amide bonds. The number of carbonyl (C=O) groups is 2. The number of aromatic nitrogens is 1. The van der Waals surface area contributed by atoms with E-state index in [0.29, 0.717) is 33.5 Å². The molecule has 0 aliphatic rings. The van der Waals surface area contributed by atoms with Gasteiger partial charge in [-0.1, -0.05) is 48.5 Å². The molecular formula is C24H20N2O4. The Morgan fingerprint density at radius 2 is 1.70 bits per heavy atom. The van der Waals surface area contributed by atoms with Crippen LogP contribution in [-0.2, 0) is 9.53 Å². The van der Waals surface area contributed by atoms with Crippen LogP contribution in [0, 0.1) is 0 Å². The maximum atomic E-state index is 13.2. The van der Waals surface area contributed by atoms with Crippen molar-refractivity contribution in [2.45, 2.75) is 6.10 Å². The Balaban J connectivity index is 1.77. The van der Waals surface area contributed by atoms with E-state index >= 15 is 0 Å². The fraction of sp³-hybridized carbons (Fsp3) is 0.125. The van der Waals surface area contributed by atoms with Crippen molar-refractivity contribution in [1.82, 2.24) is 9.88 Å². The van der Waals surface area contributed by atoms with Crippen LogP contribution in [0.25, 0.3) is 22.4 Å². The number of nitrogens with zero attached hydrogens (tertiary/aromatic N) is 2. The van der Waals surface area contributed by atoms with E-state index in [9.17, 15) is 9.59 Å². The lowest BCUT2D eigenvalue weighted by Gasteiger charge is -2.21. The number of furan rings is 1. The summed E-state index contributed by atoms with van der Waals surface area (Å²) in [6, 6.07) is 21.4. The molecule has 0 aliphatic carbocycles. The largest absolute Gasteiger partial charge is 0.463 e. The molecule has 0 bridgehead atoms. The van der Waals surface area contributed by atoms with Crippen LogP contribution in [0.15, 0.2) is 83.5 Å². The van der Waals surface area contributed by atoms with Gasteiger partial charge in [0.2, 0.25) is 6.10 Å². The summed E-state index contributed by atoms with van der Waals surface area (Å²) in [4.78, 5) is 32.0. The van der Waals surface area contributed by atoms with Crippen LogP contribution >= 0.6 is 0 Å². The van der Waals surface area contributed by atoms with E-state index in [4.69, 9.17) is 9.15 Å². The first-order chi connectivity index (χ1) is 14.5. The van der Waals surface area contributed by atoms with Crippen LogP contribution in [-0.4, -0.2) is 35.9 Å². The SMILES string of the molecule is CN(C)C(=O)C(OC(=O)c1cc(-c2ccco2)nc2ccccc12)c1ccccc1. The summed E-state index contributed by atoms with van der Waals surface area (Å²) in [6.45, 7) is 0. The van der Waals surface area contributed by atoms with E-state index in [1.807, 2.05) is 24.3 Å². The highest BCUT2D eigenvalue weighted by Gasteiger charge is 2.28. The smallest absolute Gasteiger partial charge is 0.340 e. The summed E-state index contributed by atoms with van der Waals surface area (Å²) in [6.07, 6.45) is 0.499. The van der Waals surface area contributed by atoms with Crippen molar-refractivity contribution >= 4 is 22.8 Å². The van der Waals surface area contributed by atoms with Gasteiger partial charge in [-0.2, -0.15) is 0 Å². The monoisotopic (exact) mass is 400 g/mol. The van der Waals surface area contributed by atoms with E-state index in [-0.39, 0.29) is 5.91 Å². The first kappa shape index (κ1) is 19.4.